The number of hydrogen-bond donors (Lipinski definition) is 1. The van der Waals surface area contributed by atoms with Gasteiger partial charge in [0.2, 0.25) is 0 Å². The monoisotopic (exact) mass is 236 g/mol. The number of nitrogens with one attached hydrogen (secondary N) is 1. The quantitative estimate of drug-likeness (QED) is 0.833. The normalized spacial score (nSPS) is 9.56. The number of imidazole rings is 1. The summed E-state index contributed by atoms with van der Waals surface area (Å²) >= 11 is 0. The fraction of sp³-hybridized carbons (Fsp3) is 0.167. The lowest BCUT2D eigenvalue weighted by Crippen LogP contribution is -2.04. The van der Waals surface area contributed by atoms with Crippen LogP contribution in [-0.4, -0.2) is 15.8 Å². The number of aromatic nitrogens is 2. The molecule has 1 N–H and O–H groups in total. The average molecular weight is 237 g/mol. The first-order valence-corrected chi connectivity index (χ1v) is 4.84. The summed E-state index contributed by atoms with van der Waals surface area (Å²) in [5.74, 6) is 0.801. The highest BCUT2D eigenvalue weighted by Gasteiger charge is 2.07. The van der Waals surface area contributed by atoms with Crippen LogP contribution in [0.2, 0.25) is 0 Å². The molecule has 0 unspecified atom stereocenters. The fourth-order valence-corrected chi connectivity index (χ4v) is 1.47. The number of nitrogens with zero attached hydrogens (tertiary/aromatic N) is 1. The second-order valence-corrected chi connectivity index (χ2v) is 3.51. The molecule has 0 atom stereocenters. The maximum atomic E-state index is 11.8. The summed E-state index contributed by atoms with van der Waals surface area (Å²) in [6.45, 7) is 1.98. The van der Waals surface area contributed by atoms with E-state index in [0.717, 1.165) is 11.1 Å². The predicted octanol–water partition coefficient (Wildman–Crippen LogP) is 2.57. The number of ketones is 1. The van der Waals surface area contributed by atoms with Gasteiger partial charge in [-0.05, 0) is 13.0 Å². The first kappa shape index (κ1) is 12.5. The van der Waals surface area contributed by atoms with Crippen molar-refractivity contribution in [1.29, 1.82) is 0 Å². The van der Waals surface area contributed by atoms with Gasteiger partial charge in [0.25, 0.3) is 0 Å². The van der Waals surface area contributed by atoms with Gasteiger partial charge in [-0.1, -0.05) is 23.8 Å². The van der Waals surface area contributed by atoms with E-state index in [0.29, 0.717) is 12.2 Å². The molecular weight excluding hydrogens is 224 g/mol. The number of carbonyl (C=O) groups is 1. The van der Waals surface area contributed by atoms with Gasteiger partial charge < -0.3 is 4.98 Å². The Balaban J connectivity index is 0.00000128. The molecule has 0 aliphatic heterocycles. The van der Waals surface area contributed by atoms with Crippen molar-refractivity contribution in [3.63, 3.8) is 0 Å². The fourth-order valence-electron chi connectivity index (χ4n) is 1.47. The largest absolute Gasteiger partial charge is 0.348 e. The van der Waals surface area contributed by atoms with E-state index in [9.17, 15) is 4.79 Å². The lowest BCUT2D eigenvalue weighted by molar-refractivity contribution is 0.0991. The van der Waals surface area contributed by atoms with E-state index in [2.05, 4.69) is 9.97 Å². The standard InChI is InChI=1S/C12H12N2O.ClH/c1-9-3-2-4-10(7-9)11(15)8-12-13-5-6-14-12;/h2-7H,8H2,1H3,(H,13,14);1H. The molecular formula is C12H13ClN2O. The van der Waals surface area contributed by atoms with Crippen LogP contribution in [0.1, 0.15) is 21.7 Å². The molecule has 2 rings (SSSR count). The maximum Gasteiger partial charge on any atom is 0.170 e. The summed E-state index contributed by atoms with van der Waals surface area (Å²) in [6, 6.07) is 7.60. The van der Waals surface area contributed by atoms with Crippen LogP contribution in [0.25, 0.3) is 0 Å². The number of aromatic amines is 1. The van der Waals surface area contributed by atoms with Crippen LogP contribution in [0.4, 0.5) is 0 Å². The second kappa shape index (κ2) is 5.47. The van der Waals surface area contributed by atoms with E-state index < -0.39 is 0 Å². The Labute approximate surface area is 100 Å². The molecule has 0 spiro atoms. The van der Waals surface area contributed by atoms with Crippen LogP contribution in [-0.2, 0) is 6.42 Å². The molecule has 0 aliphatic carbocycles. The smallest absolute Gasteiger partial charge is 0.170 e. The van der Waals surface area contributed by atoms with E-state index in [4.69, 9.17) is 0 Å². The number of carbonyl (C=O) groups excluding carboxylic acids is 1. The molecule has 1 aromatic heterocycles. The summed E-state index contributed by atoms with van der Waals surface area (Å²) in [7, 11) is 0. The highest BCUT2D eigenvalue weighted by molar-refractivity contribution is 5.97. The Kier molecular flexibility index (Phi) is 4.26. The first-order chi connectivity index (χ1) is 7.25. The second-order valence-electron chi connectivity index (χ2n) is 3.51. The third-order valence-corrected chi connectivity index (χ3v) is 2.22. The van der Waals surface area contributed by atoms with E-state index in [-0.39, 0.29) is 18.2 Å². The minimum absolute atomic E-state index is 0. The summed E-state index contributed by atoms with van der Waals surface area (Å²) < 4.78 is 0. The highest BCUT2D eigenvalue weighted by atomic mass is 35.5. The molecule has 3 nitrogen and oxygen atoms in total. The molecule has 0 radical (unpaired) electrons. The summed E-state index contributed by atoms with van der Waals surface area (Å²) in [4.78, 5) is 18.8. The Morgan fingerprint density at radius 3 is 2.88 bits per heavy atom. The molecule has 0 fully saturated rings. The molecule has 4 heteroatoms. The lowest BCUT2D eigenvalue weighted by Gasteiger charge is -1.99. The van der Waals surface area contributed by atoms with Crippen LogP contribution >= 0.6 is 12.4 Å². The van der Waals surface area contributed by atoms with E-state index >= 15 is 0 Å². The van der Waals surface area contributed by atoms with Crippen molar-refractivity contribution in [3.8, 4) is 0 Å². The number of benzene rings is 1. The van der Waals surface area contributed by atoms with Crippen LogP contribution in [0, 0.1) is 6.92 Å². The van der Waals surface area contributed by atoms with Gasteiger partial charge >= 0.3 is 0 Å². The number of Topliss-reactive ketones (excluding diaryl/α,β-unsaturated/α-hetero) is 1. The third-order valence-electron chi connectivity index (χ3n) is 2.22. The Bertz CT molecular complexity index is 466. The van der Waals surface area contributed by atoms with E-state index in [1.165, 1.54) is 0 Å². The molecule has 0 amide bonds. The number of aryl methyl sites for hydroxylation is 1. The SMILES string of the molecule is Cc1cccc(C(=O)Cc2ncc[nH]2)c1.Cl. The Morgan fingerprint density at radius 1 is 1.44 bits per heavy atom. The molecule has 2 aromatic rings. The molecule has 0 aliphatic rings. The van der Waals surface area contributed by atoms with Crippen molar-refractivity contribution in [2.24, 2.45) is 0 Å². The van der Waals surface area contributed by atoms with Gasteiger partial charge in [0, 0.05) is 18.0 Å². The van der Waals surface area contributed by atoms with Gasteiger partial charge in [-0.25, -0.2) is 4.98 Å². The van der Waals surface area contributed by atoms with Gasteiger partial charge in [-0.2, -0.15) is 0 Å². The van der Waals surface area contributed by atoms with Gasteiger partial charge in [-0.15, -0.1) is 12.4 Å². The topological polar surface area (TPSA) is 45.8 Å². The van der Waals surface area contributed by atoms with Crippen LogP contribution in [0.3, 0.4) is 0 Å². The first-order valence-electron chi connectivity index (χ1n) is 4.84. The average Bonchev–Trinajstić information content (AvgIpc) is 2.70. The molecule has 0 saturated heterocycles. The highest BCUT2D eigenvalue weighted by Crippen LogP contribution is 2.07. The lowest BCUT2D eigenvalue weighted by atomic mass is 10.1. The van der Waals surface area contributed by atoms with Gasteiger partial charge in [0.05, 0.1) is 6.42 Å². The van der Waals surface area contributed by atoms with E-state index in [1.54, 1.807) is 12.4 Å². The molecule has 16 heavy (non-hydrogen) atoms. The van der Waals surface area contributed by atoms with Crippen molar-refractivity contribution in [2.75, 3.05) is 0 Å². The molecule has 0 saturated carbocycles. The Morgan fingerprint density at radius 2 is 2.25 bits per heavy atom. The zero-order valence-electron chi connectivity index (χ0n) is 8.93. The summed E-state index contributed by atoms with van der Waals surface area (Å²) in [5, 5.41) is 0. The molecule has 84 valence electrons. The molecule has 1 heterocycles. The van der Waals surface area contributed by atoms with Gasteiger partial charge in [0.1, 0.15) is 5.82 Å². The number of H-pyrrole nitrogens is 1. The van der Waals surface area contributed by atoms with Gasteiger partial charge in [-0.3, -0.25) is 4.79 Å². The third kappa shape index (κ3) is 2.94. The van der Waals surface area contributed by atoms with Crippen LogP contribution in [0.5, 0.6) is 0 Å². The number of halogens is 1. The summed E-state index contributed by atoms with van der Waals surface area (Å²) in [5.41, 5.74) is 1.84. The minimum atomic E-state index is 0. The molecule has 1 aromatic carbocycles. The van der Waals surface area contributed by atoms with Crippen molar-refractivity contribution >= 4 is 18.2 Å². The summed E-state index contributed by atoms with van der Waals surface area (Å²) in [6.07, 6.45) is 3.70. The Hall–Kier alpha value is -1.61. The van der Waals surface area contributed by atoms with Gasteiger partial charge in [0.15, 0.2) is 5.78 Å². The van der Waals surface area contributed by atoms with Crippen LogP contribution < -0.4 is 0 Å². The minimum Gasteiger partial charge on any atom is -0.348 e. The van der Waals surface area contributed by atoms with Crippen LogP contribution in [0.15, 0.2) is 36.7 Å². The van der Waals surface area contributed by atoms with Crippen molar-refractivity contribution in [1.82, 2.24) is 9.97 Å². The van der Waals surface area contributed by atoms with E-state index in [1.807, 2.05) is 31.2 Å². The maximum absolute atomic E-state index is 11.8. The molecule has 0 bridgehead atoms. The number of rotatable bonds is 3. The van der Waals surface area contributed by atoms with Crippen molar-refractivity contribution in [3.05, 3.63) is 53.6 Å². The van der Waals surface area contributed by atoms with Crippen molar-refractivity contribution in [2.45, 2.75) is 13.3 Å². The van der Waals surface area contributed by atoms with Crippen molar-refractivity contribution < 1.29 is 4.79 Å². The predicted molar refractivity (Wildman–Crippen MR) is 65.0 cm³/mol. The zero-order chi connectivity index (χ0) is 10.7. The number of hydrogen-bond acceptors (Lipinski definition) is 2. The zero-order valence-corrected chi connectivity index (χ0v) is 9.75.